The van der Waals surface area contributed by atoms with Gasteiger partial charge >= 0.3 is 0 Å². The van der Waals surface area contributed by atoms with Crippen molar-refractivity contribution in [3.05, 3.63) is 70.3 Å². The zero-order valence-corrected chi connectivity index (χ0v) is 18.4. The number of piperazine rings is 1. The lowest BCUT2D eigenvalue weighted by molar-refractivity contribution is 0.624. The molecule has 0 atom stereocenters. The Hall–Kier alpha value is -2.77. The van der Waals surface area contributed by atoms with E-state index in [1.165, 1.54) is 24.3 Å². The van der Waals surface area contributed by atoms with Gasteiger partial charge in [0.2, 0.25) is 5.28 Å². The first-order valence-corrected chi connectivity index (χ1v) is 11.2. The summed E-state index contributed by atoms with van der Waals surface area (Å²) < 4.78 is 26.7. The second-order valence-corrected chi connectivity index (χ2v) is 9.03. The zero-order valence-electron chi connectivity index (χ0n) is 16.8. The third-order valence-corrected chi connectivity index (χ3v) is 6.75. The number of rotatable bonds is 3. The Labute approximate surface area is 187 Å². The van der Waals surface area contributed by atoms with Crippen LogP contribution < -0.4 is 9.80 Å². The van der Waals surface area contributed by atoms with Gasteiger partial charge in [0.25, 0.3) is 0 Å². The molecule has 0 saturated carbocycles. The summed E-state index contributed by atoms with van der Waals surface area (Å²) in [4.78, 5) is 15.4. The Bertz CT molecular complexity index is 1230. The van der Waals surface area contributed by atoms with E-state index in [4.69, 9.17) is 11.6 Å². The summed E-state index contributed by atoms with van der Waals surface area (Å²) in [5, 5.41) is 1.17. The average molecular weight is 457 g/mol. The van der Waals surface area contributed by atoms with Gasteiger partial charge in [-0.3, -0.25) is 0 Å². The van der Waals surface area contributed by atoms with Crippen molar-refractivity contribution in [3.8, 4) is 11.1 Å². The number of benzene rings is 2. The molecule has 0 spiro atoms. The predicted molar refractivity (Wildman–Crippen MR) is 123 cm³/mol. The molecule has 1 saturated heterocycles. The minimum absolute atomic E-state index is 0.218. The number of fused-ring (bicyclic) bond motifs is 1. The second kappa shape index (κ2) is 8.05. The number of halogens is 3. The van der Waals surface area contributed by atoms with Gasteiger partial charge in [-0.2, -0.15) is 4.98 Å². The van der Waals surface area contributed by atoms with E-state index in [9.17, 15) is 8.78 Å². The summed E-state index contributed by atoms with van der Waals surface area (Å²) in [7, 11) is 0. The highest BCUT2D eigenvalue weighted by molar-refractivity contribution is 7.19. The van der Waals surface area contributed by atoms with Gasteiger partial charge in [-0.25, -0.2) is 13.8 Å². The van der Waals surface area contributed by atoms with E-state index in [2.05, 4.69) is 19.8 Å². The standard InChI is InChI=1S/C23H19ClF2N4S/c1-14-19(15-2-4-16(25)5-3-15)20-21(27-23(24)28-22(20)31-14)30-12-10-29(11-13-30)18-8-6-17(26)7-9-18/h2-9H,10-13H2,1H3. The SMILES string of the molecule is Cc1sc2nc(Cl)nc(N3CCN(c4ccc(F)cc4)CC3)c2c1-c1ccc(F)cc1. The van der Waals surface area contributed by atoms with Gasteiger partial charge in [-0.05, 0) is 60.5 Å². The van der Waals surface area contributed by atoms with E-state index >= 15 is 0 Å². The molecule has 3 heterocycles. The van der Waals surface area contributed by atoms with Crippen LogP contribution in [-0.4, -0.2) is 36.1 Å². The predicted octanol–water partition coefficient (Wildman–Crippen LogP) is 5.92. The third kappa shape index (κ3) is 3.83. The normalized spacial score (nSPS) is 14.5. The van der Waals surface area contributed by atoms with E-state index in [1.54, 1.807) is 35.6 Å². The first-order chi connectivity index (χ1) is 15.0. The lowest BCUT2D eigenvalue weighted by Crippen LogP contribution is -2.47. The van der Waals surface area contributed by atoms with Gasteiger partial charge in [0.05, 0.1) is 5.39 Å². The lowest BCUT2D eigenvalue weighted by Gasteiger charge is -2.37. The Morgan fingerprint density at radius 1 is 0.839 bits per heavy atom. The van der Waals surface area contributed by atoms with Crippen molar-refractivity contribution in [2.24, 2.45) is 0 Å². The highest BCUT2D eigenvalue weighted by Gasteiger charge is 2.25. The van der Waals surface area contributed by atoms with E-state index in [-0.39, 0.29) is 16.9 Å². The van der Waals surface area contributed by atoms with Crippen LogP contribution in [0, 0.1) is 18.6 Å². The molecule has 158 valence electrons. The Morgan fingerprint density at radius 2 is 1.42 bits per heavy atom. The van der Waals surface area contributed by atoms with Crippen molar-refractivity contribution < 1.29 is 8.78 Å². The number of hydrogen-bond acceptors (Lipinski definition) is 5. The lowest BCUT2D eigenvalue weighted by atomic mass is 10.0. The molecule has 2 aromatic heterocycles. The van der Waals surface area contributed by atoms with Crippen LogP contribution in [0.2, 0.25) is 5.28 Å². The Morgan fingerprint density at radius 3 is 2.06 bits per heavy atom. The molecule has 0 aliphatic carbocycles. The number of aromatic nitrogens is 2. The molecule has 1 aliphatic heterocycles. The van der Waals surface area contributed by atoms with Gasteiger partial charge < -0.3 is 9.80 Å². The molecule has 5 rings (SSSR count). The van der Waals surface area contributed by atoms with Crippen LogP contribution in [0.25, 0.3) is 21.3 Å². The minimum atomic E-state index is -0.266. The van der Waals surface area contributed by atoms with Gasteiger partial charge in [0.1, 0.15) is 22.3 Å². The molecule has 1 aliphatic rings. The first-order valence-electron chi connectivity index (χ1n) is 9.97. The number of nitrogens with zero attached hydrogens (tertiary/aromatic N) is 4. The Balaban J connectivity index is 1.51. The molecule has 2 aromatic carbocycles. The summed E-state index contributed by atoms with van der Waals surface area (Å²) in [6.07, 6.45) is 0. The van der Waals surface area contributed by atoms with Crippen molar-refractivity contribution in [1.29, 1.82) is 0 Å². The topological polar surface area (TPSA) is 32.3 Å². The van der Waals surface area contributed by atoms with Crippen LogP contribution >= 0.6 is 22.9 Å². The van der Waals surface area contributed by atoms with Crippen LogP contribution in [0.4, 0.5) is 20.3 Å². The maximum absolute atomic E-state index is 13.5. The molecule has 4 aromatic rings. The fraction of sp³-hybridized carbons (Fsp3) is 0.217. The van der Waals surface area contributed by atoms with Gasteiger partial charge in [-0.15, -0.1) is 11.3 Å². The summed E-state index contributed by atoms with van der Waals surface area (Å²) in [6, 6.07) is 13.1. The first kappa shape index (κ1) is 20.2. The van der Waals surface area contributed by atoms with Gasteiger partial charge in [0, 0.05) is 42.3 Å². The van der Waals surface area contributed by atoms with Crippen molar-refractivity contribution >= 4 is 44.7 Å². The smallest absolute Gasteiger partial charge is 0.225 e. The maximum atomic E-state index is 13.5. The van der Waals surface area contributed by atoms with E-state index in [1.807, 2.05) is 6.92 Å². The molecule has 0 radical (unpaired) electrons. The van der Waals surface area contributed by atoms with E-state index in [0.29, 0.717) is 0 Å². The number of hydrogen-bond donors (Lipinski definition) is 0. The van der Waals surface area contributed by atoms with Crippen LogP contribution in [0.15, 0.2) is 48.5 Å². The van der Waals surface area contributed by atoms with Gasteiger partial charge in [-0.1, -0.05) is 12.1 Å². The summed E-state index contributed by atoms with van der Waals surface area (Å²) in [5.74, 6) is 0.302. The molecule has 4 nitrogen and oxygen atoms in total. The molecule has 1 fully saturated rings. The quantitative estimate of drug-likeness (QED) is 0.358. The maximum Gasteiger partial charge on any atom is 0.225 e. The van der Waals surface area contributed by atoms with Crippen molar-refractivity contribution in [3.63, 3.8) is 0 Å². The molecule has 0 amide bonds. The molecule has 8 heteroatoms. The fourth-order valence-corrected chi connectivity index (χ4v) is 5.34. The molecule has 0 bridgehead atoms. The fourth-order valence-electron chi connectivity index (χ4n) is 4.09. The average Bonchev–Trinajstić information content (AvgIpc) is 3.10. The van der Waals surface area contributed by atoms with Crippen molar-refractivity contribution in [1.82, 2.24) is 9.97 Å². The molecule has 0 unspecified atom stereocenters. The van der Waals surface area contributed by atoms with Crippen LogP contribution in [-0.2, 0) is 0 Å². The van der Waals surface area contributed by atoms with E-state index < -0.39 is 0 Å². The van der Waals surface area contributed by atoms with Crippen LogP contribution in [0.1, 0.15) is 4.88 Å². The monoisotopic (exact) mass is 456 g/mol. The Kier molecular flexibility index (Phi) is 5.24. The summed E-state index contributed by atoms with van der Waals surface area (Å²) in [5.41, 5.74) is 2.96. The van der Waals surface area contributed by atoms with Gasteiger partial charge in [0.15, 0.2) is 0 Å². The molecular formula is C23H19ClF2N4S. The highest BCUT2D eigenvalue weighted by Crippen LogP contribution is 2.42. The second-order valence-electron chi connectivity index (χ2n) is 7.49. The summed E-state index contributed by atoms with van der Waals surface area (Å²) in [6.45, 7) is 5.10. The zero-order chi connectivity index (χ0) is 21.5. The molecule has 31 heavy (non-hydrogen) atoms. The van der Waals surface area contributed by atoms with Crippen molar-refractivity contribution in [2.75, 3.05) is 36.0 Å². The number of anilines is 2. The number of aryl methyl sites for hydroxylation is 1. The number of thiophene rings is 1. The molecule has 0 N–H and O–H groups in total. The highest BCUT2D eigenvalue weighted by atomic mass is 35.5. The summed E-state index contributed by atoms with van der Waals surface area (Å²) >= 11 is 7.84. The minimum Gasteiger partial charge on any atom is -0.368 e. The third-order valence-electron chi connectivity index (χ3n) is 5.59. The van der Waals surface area contributed by atoms with Crippen LogP contribution in [0.3, 0.4) is 0 Å². The van der Waals surface area contributed by atoms with E-state index in [0.717, 1.165) is 63.9 Å². The largest absolute Gasteiger partial charge is 0.368 e. The van der Waals surface area contributed by atoms with Crippen LogP contribution in [0.5, 0.6) is 0 Å². The van der Waals surface area contributed by atoms with Crippen molar-refractivity contribution in [2.45, 2.75) is 6.92 Å². The molecular weight excluding hydrogens is 438 g/mol.